The number of nitrogens with zero attached hydrogens (tertiary/aromatic N) is 2. The second kappa shape index (κ2) is 8.28. The molecule has 8 heteroatoms. The standard InChI is InChI=1S/C22H22N4O4/c1-29-17-5-3-4-15(12-17)20-19-18(23-13-24-19)10-11-26(20)22(28)25-16-8-6-14(7-9-16)21(27)30-2/h3-9,12-13,20H,10-11H2,1-2H3,(H,23,24)(H,25,28)/t20-/m0/s1. The van der Waals surface area contributed by atoms with Crippen molar-refractivity contribution in [2.45, 2.75) is 12.5 Å². The summed E-state index contributed by atoms with van der Waals surface area (Å²) in [5.41, 5.74) is 3.77. The summed E-state index contributed by atoms with van der Waals surface area (Å²) in [5, 5.41) is 2.91. The van der Waals surface area contributed by atoms with Crippen LogP contribution in [0.3, 0.4) is 0 Å². The van der Waals surface area contributed by atoms with Crippen molar-refractivity contribution in [1.82, 2.24) is 14.9 Å². The van der Waals surface area contributed by atoms with Crippen LogP contribution in [0.5, 0.6) is 5.75 Å². The molecule has 0 unspecified atom stereocenters. The average Bonchev–Trinajstić information content (AvgIpc) is 3.27. The minimum atomic E-state index is -0.423. The van der Waals surface area contributed by atoms with Crippen LogP contribution in [-0.4, -0.2) is 47.6 Å². The number of aromatic amines is 1. The largest absolute Gasteiger partial charge is 0.497 e. The van der Waals surface area contributed by atoms with Gasteiger partial charge in [-0.3, -0.25) is 0 Å². The zero-order chi connectivity index (χ0) is 21.1. The van der Waals surface area contributed by atoms with E-state index in [1.54, 1.807) is 42.6 Å². The summed E-state index contributed by atoms with van der Waals surface area (Å²) in [4.78, 5) is 34.2. The van der Waals surface area contributed by atoms with Gasteiger partial charge in [0.25, 0.3) is 0 Å². The van der Waals surface area contributed by atoms with Gasteiger partial charge in [-0.2, -0.15) is 0 Å². The van der Waals surface area contributed by atoms with E-state index in [4.69, 9.17) is 9.47 Å². The molecular formula is C22H22N4O4. The lowest BCUT2D eigenvalue weighted by atomic mass is 9.96. The molecule has 0 fully saturated rings. The molecule has 0 saturated carbocycles. The van der Waals surface area contributed by atoms with Crippen LogP contribution in [0, 0.1) is 0 Å². The highest BCUT2D eigenvalue weighted by atomic mass is 16.5. The molecule has 1 atom stereocenters. The number of H-pyrrole nitrogens is 1. The zero-order valence-corrected chi connectivity index (χ0v) is 16.7. The molecule has 1 aliphatic rings. The van der Waals surface area contributed by atoms with Crippen LogP contribution in [0.2, 0.25) is 0 Å². The van der Waals surface area contributed by atoms with Crippen LogP contribution in [0.4, 0.5) is 10.5 Å². The van der Waals surface area contributed by atoms with E-state index in [-0.39, 0.29) is 12.1 Å². The van der Waals surface area contributed by atoms with Gasteiger partial charge in [-0.1, -0.05) is 12.1 Å². The predicted molar refractivity (Wildman–Crippen MR) is 111 cm³/mol. The molecule has 154 valence electrons. The molecule has 2 N–H and O–H groups in total. The van der Waals surface area contributed by atoms with Crippen LogP contribution in [-0.2, 0) is 11.2 Å². The third-order valence-corrected chi connectivity index (χ3v) is 5.15. The number of methoxy groups -OCH3 is 2. The van der Waals surface area contributed by atoms with Gasteiger partial charge in [-0.25, -0.2) is 14.6 Å². The van der Waals surface area contributed by atoms with E-state index in [0.717, 1.165) is 17.0 Å². The number of fused-ring (bicyclic) bond motifs is 1. The van der Waals surface area contributed by atoms with E-state index < -0.39 is 5.97 Å². The van der Waals surface area contributed by atoms with Crippen molar-refractivity contribution < 1.29 is 19.1 Å². The molecule has 0 radical (unpaired) electrons. The summed E-state index contributed by atoms with van der Waals surface area (Å²) in [6.45, 7) is 0.531. The van der Waals surface area contributed by atoms with Gasteiger partial charge >= 0.3 is 12.0 Å². The number of hydrogen-bond acceptors (Lipinski definition) is 5. The van der Waals surface area contributed by atoms with Gasteiger partial charge in [0.15, 0.2) is 0 Å². The molecule has 0 spiro atoms. The normalized spacial score (nSPS) is 15.3. The maximum Gasteiger partial charge on any atom is 0.337 e. The first kappa shape index (κ1) is 19.5. The highest BCUT2D eigenvalue weighted by Crippen LogP contribution is 2.35. The topological polar surface area (TPSA) is 96.6 Å². The molecule has 0 saturated heterocycles. The highest BCUT2D eigenvalue weighted by Gasteiger charge is 2.34. The fourth-order valence-electron chi connectivity index (χ4n) is 3.65. The zero-order valence-electron chi connectivity index (χ0n) is 16.7. The molecule has 4 rings (SSSR count). The number of imidazole rings is 1. The Bertz CT molecular complexity index is 1060. The van der Waals surface area contributed by atoms with Crippen LogP contribution in [0.1, 0.15) is 33.4 Å². The maximum atomic E-state index is 13.2. The summed E-state index contributed by atoms with van der Waals surface area (Å²) in [5.74, 6) is 0.293. The fourth-order valence-corrected chi connectivity index (χ4v) is 3.65. The van der Waals surface area contributed by atoms with E-state index in [1.807, 2.05) is 24.3 Å². The summed E-state index contributed by atoms with van der Waals surface area (Å²) in [6, 6.07) is 13.6. The Morgan fingerprint density at radius 3 is 2.70 bits per heavy atom. The predicted octanol–water partition coefficient (Wildman–Crippen LogP) is 3.38. The number of carbonyl (C=O) groups excluding carboxylic acids is 2. The first-order chi connectivity index (χ1) is 14.6. The lowest BCUT2D eigenvalue weighted by Gasteiger charge is -2.35. The van der Waals surface area contributed by atoms with Gasteiger partial charge in [0, 0.05) is 24.3 Å². The van der Waals surface area contributed by atoms with Crippen molar-refractivity contribution in [2.24, 2.45) is 0 Å². The van der Waals surface area contributed by atoms with Crippen LogP contribution in [0.25, 0.3) is 0 Å². The van der Waals surface area contributed by atoms with Crippen molar-refractivity contribution in [3.05, 3.63) is 77.4 Å². The van der Waals surface area contributed by atoms with E-state index in [1.165, 1.54) is 7.11 Å². The monoisotopic (exact) mass is 406 g/mol. The number of carbonyl (C=O) groups is 2. The number of benzene rings is 2. The third kappa shape index (κ3) is 3.71. The average molecular weight is 406 g/mol. The summed E-state index contributed by atoms with van der Waals surface area (Å²) in [6.07, 6.45) is 2.34. The molecule has 1 aliphatic heterocycles. The molecule has 3 aromatic rings. The molecule has 8 nitrogen and oxygen atoms in total. The third-order valence-electron chi connectivity index (χ3n) is 5.15. The van der Waals surface area contributed by atoms with E-state index in [9.17, 15) is 9.59 Å². The van der Waals surface area contributed by atoms with Crippen LogP contribution >= 0.6 is 0 Å². The Morgan fingerprint density at radius 2 is 1.97 bits per heavy atom. The Balaban J connectivity index is 1.61. The smallest absolute Gasteiger partial charge is 0.337 e. The van der Waals surface area contributed by atoms with E-state index in [2.05, 4.69) is 15.3 Å². The Morgan fingerprint density at radius 1 is 1.17 bits per heavy atom. The van der Waals surface area contributed by atoms with Gasteiger partial charge in [0.1, 0.15) is 11.8 Å². The van der Waals surface area contributed by atoms with Gasteiger partial charge in [0.2, 0.25) is 0 Å². The molecule has 2 heterocycles. The van der Waals surface area contributed by atoms with Crippen molar-refractivity contribution in [3.8, 4) is 5.75 Å². The Labute approximate surface area is 173 Å². The number of ether oxygens (including phenoxy) is 2. The number of aromatic nitrogens is 2. The van der Waals surface area contributed by atoms with Crippen LogP contribution in [0.15, 0.2) is 54.9 Å². The number of anilines is 1. The van der Waals surface area contributed by atoms with Gasteiger partial charge < -0.3 is 24.7 Å². The number of rotatable bonds is 4. The minimum absolute atomic E-state index is 0.248. The number of esters is 1. The first-order valence-corrected chi connectivity index (χ1v) is 9.53. The van der Waals surface area contributed by atoms with Crippen molar-refractivity contribution in [1.29, 1.82) is 0 Å². The second-order valence-corrected chi connectivity index (χ2v) is 6.89. The van der Waals surface area contributed by atoms with Crippen molar-refractivity contribution >= 4 is 17.7 Å². The molecule has 0 bridgehead atoms. The number of nitrogens with one attached hydrogen (secondary N) is 2. The molecule has 1 aromatic heterocycles. The van der Waals surface area contributed by atoms with E-state index in [0.29, 0.717) is 30.0 Å². The maximum absolute atomic E-state index is 13.2. The van der Waals surface area contributed by atoms with Crippen molar-refractivity contribution in [3.63, 3.8) is 0 Å². The fraction of sp³-hybridized carbons (Fsp3) is 0.227. The molecule has 0 aliphatic carbocycles. The molecule has 2 aromatic carbocycles. The van der Waals surface area contributed by atoms with Gasteiger partial charge in [-0.15, -0.1) is 0 Å². The number of urea groups is 1. The Hall–Kier alpha value is -3.81. The first-order valence-electron chi connectivity index (χ1n) is 9.53. The highest BCUT2D eigenvalue weighted by molar-refractivity contribution is 5.92. The summed E-state index contributed by atoms with van der Waals surface area (Å²) in [7, 11) is 2.94. The van der Waals surface area contributed by atoms with Gasteiger partial charge in [0.05, 0.1) is 31.8 Å². The van der Waals surface area contributed by atoms with Crippen LogP contribution < -0.4 is 10.1 Å². The number of hydrogen-bond donors (Lipinski definition) is 2. The minimum Gasteiger partial charge on any atom is -0.497 e. The molecular weight excluding hydrogens is 384 g/mol. The summed E-state index contributed by atoms with van der Waals surface area (Å²) < 4.78 is 10.1. The number of amides is 2. The lowest BCUT2D eigenvalue weighted by molar-refractivity contribution is 0.0600. The lowest BCUT2D eigenvalue weighted by Crippen LogP contribution is -2.43. The van der Waals surface area contributed by atoms with E-state index >= 15 is 0 Å². The summed E-state index contributed by atoms with van der Waals surface area (Å²) >= 11 is 0. The second-order valence-electron chi connectivity index (χ2n) is 6.89. The van der Waals surface area contributed by atoms with Crippen molar-refractivity contribution in [2.75, 3.05) is 26.1 Å². The Kier molecular flexibility index (Phi) is 5.38. The SMILES string of the molecule is COC(=O)c1ccc(NC(=O)N2CCc3[nH]cnc3[C@@H]2c2cccc(OC)c2)cc1. The van der Waals surface area contributed by atoms with Gasteiger partial charge in [-0.05, 0) is 42.0 Å². The quantitative estimate of drug-likeness (QED) is 0.648. The molecule has 2 amide bonds. The molecule has 30 heavy (non-hydrogen) atoms.